The second kappa shape index (κ2) is 10.7. The van der Waals surface area contributed by atoms with Crippen LogP contribution in [0.2, 0.25) is 0 Å². The lowest BCUT2D eigenvalue weighted by Crippen LogP contribution is -2.32. The third-order valence-electron chi connectivity index (χ3n) is 6.83. The Hall–Kier alpha value is -3.04. The molecule has 4 aromatic rings. The zero-order valence-corrected chi connectivity index (χ0v) is 21.1. The van der Waals surface area contributed by atoms with Gasteiger partial charge in [0.05, 0.1) is 18.7 Å². The van der Waals surface area contributed by atoms with E-state index >= 15 is 0 Å². The van der Waals surface area contributed by atoms with Crippen molar-refractivity contribution >= 4 is 22.2 Å². The molecule has 8 nitrogen and oxygen atoms in total. The largest absolute Gasteiger partial charge is 0.494 e. The molecule has 0 saturated heterocycles. The Morgan fingerprint density at radius 2 is 2.06 bits per heavy atom. The average molecular weight is 493 g/mol. The first-order valence-electron chi connectivity index (χ1n) is 12.5. The molecule has 3 aromatic heterocycles. The Kier molecular flexibility index (Phi) is 7.24. The number of benzene rings is 1. The van der Waals surface area contributed by atoms with Gasteiger partial charge < -0.3 is 9.72 Å². The SMILES string of the molecule is CCOc1ccc2[nH]c(=O)c(CN(Cc3cccs3)[C@H](CC)c3nnnn3C3CCCC3)cc2c1. The van der Waals surface area contributed by atoms with Crippen LogP contribution in [0.5, 0.6) is 5.75 Å². The first-order chi connectivity index (χ1) is 17.2. The van der Waals surface area contributed by atoms with Crippen molar-refractivity contribution in [2.45, 2.75) is 71.1 Å². The number of hydrogen-bond donors (Lipinski definition) is 1. The summed E-state index contributed by atoms with van der Waals surface area (Å²) >= 11 is 1.73. The molecule has 1 aromatic carbocycles. The minimum atomic E-state index is -0.0666. The Morgan fingerprint density at radius 1 is 1.20 bits per heavy atom. The summed E-state index contributed by atoms with van der Waals surface area (Å²) in [6, 6.07) is 12.3. The number of fused-ring (bicyclic) bond motifs is 1. The predicted octanol–water partition coefficient (Wildman–Crippen LogP) is 5.24. The van der Waals surface area contributed by atoms with Crippen molar-refractivity contribution in [3.05, 3.63) is 68.4 Å². The van der Waals surface area contributed by atoms with Crippen molar-refractivity contribution in [3.63, 3.8) is 0 Å². The van der Waals surface area contributed by atoms with Gasteiger partial charge in [-0.3, -0.25) is 9.69 Å². The second-order valence-electron chi connectivity index (χ2n) is 9.13. The quantitative estimate of drug-likeness (QED) is 0.326. The molecule has 0 radical (unpaired) electrons. The van der Waals surface area contributed by atoms with Gasteiger partial charge in [0.15, 0.2) is 5.82 Å². The first-order valence-corrected chi connectivity index (χ1v) is 13.4. The van der Waals surface area contributed by atoms with E-state index in [-0.39, 0.29) is 11.6 Å². The third-order valence-corrected chi connectivity index (χ3v) is 7.69. The fourth-order valence-corrected chi connectivity index (χ4v) is 5.86. The Balaban J connectivity index is 1.51. The summed E-state index contributed by atoms with van der Waals surface area (Å²) in [6.45, 7) is 5.96. The van der Waals surface area contributed by atoms with Gasteiger partial charge in [-0.1, -0.05) is 25.8 Å². The monoisotopic (exact) mass is 492 g/mol. The maximum Gasteiger partial charge on any atom is 0.252 e. The van der Waals surface area contributed by atoms with Gasteiger partial charge in [0.2, 0.25) is 0 Å². The lowest BCUT2D eigenvalue weighted by atomic mass is 10.1. The Morgan fingerprint density at radius 3 is 2.80 bits per heavy atom. The summed E-state index contributed by atoms with van der Waals surface area (Å²) in [7, 11) is 0. The number of ether oxygens (including phenoxy) is 1. The molecule has 1 aliphatic rings. The average Bonchev–Trinajstić information content (AvgIpc) is 3.63. The highest BCUT2D eigenvalue weighted by atomic mass is 32.1. The standard InChI is InChI=1S/C26H32N6O2S/c1-3-24(25-28-29-30-32(25)20-8-5-6-9-20)31(17-22-10-7-13-35-22)16-19-14-18-15-21(34-4-2)11-12-23(18)27-26(19)33/h7,10-15,20,24H,3-6,8-9,16-17H2,1-2H3,(H,27,33)/t24-/m1/s1. The van der Waals surface area contributed by atoms with Crippen LogP contribution in [0.25, 0.3) is 10.9 Å². The zero-order chi connectivity index (χ0) is 24.2. The van der Waals surface area contributed by atoms with Crippen LogP contribution < -0.4 is 10.3 Å². The van der Waals surface area contributed by atoms with Gasteiger partial charge in [0.1, 0.15) is 5.75 Å². The maximum atomic E-state index is 13.1. The van der Waals surface area contributed by atoms with Gasteiger partial charge in [0, 0.05) is 34.4 Å². The highest BCUT2D eigenvalue weighted by Crippen LogP contribution is 2.34. The van der Waals surface area contributed by atoms with Crippen molar-refractivity contribution in [1.29, 1.82) is 0 Å². The first kappa shape index (κ1) is 23.7. The van der Waals surface area contributed by atoms with Crippen LogP contribution in [0.4, 0.5) is 0 Å². The predicted molar refractivity (Wildman–Crippen MR) is 138 cm³/mol. The van der Waals surface area contributed by atoms with Crippen LogP contribution in [0.15, 0.2) is 46.6 Å². The van der Waals surface area contributed by atoms with Crippen LogP contribution in [-0.4, -0.2) is 36.7 Å². The number of rotatable bonds is 10. The third kappa shape index (κ3) is 5.16. The fraction of sp³-hybridized carbons (Fsp3) is 0.462. The molecule has 1 saturated carbocycles. The zero-order valence-electron chi connectivity index (χ0n) is 20.3. The molecule has 3 heterocycles. The topological polar surface area (TPSA) is 88.9 Å². The summed E-state index contributed by atoms with van der Waals surface area (Å²) in [6.07, 6.45) is 5.52. The van der Waals surface area contributed by atoms with Crippen molar-refractivity contribution in [3.8, 4) is 5.75 Å². The van der Waals surface area contributed by atoms with E-state index in [9.17, 15) is 4.79 Å². The molecule has 0 aliphatic heterocycles. The van der Waals surface area contributed by atoms with E-state index in [2.05, 4.69) is 49.8 Å². The molecular formula is C26H32N6O2S. The van der Waals surface area contributed by atoms with Gasteiger partial charge >= 0.3 is 0 Å². The lowest BCUT2D eigenvalue weighted by Gasteiger charge is -2.30. The molecule has 9 heteroatoms. The van der Waals surface area contributed by atoms with E-state index in [4.69, 9.17) is 4.74 Å². The van der Waals surface area contributed by atoms with E-state index in [1.54, 1.807) is 11.3 Å². The molecular weight excluding hydrogens is 460 g/mol. The molecule has 184 valence electrons. The molecule has 1 N–H and O–H groups in total. The fourth-order valence-electron chi connectivity index (χ4n) is 5.13. The van der Waals surface area contributed by atoms with E-state index in [0.717, 1.165) is 53.8 Å². The number of hydrogen-bond acceptors (Lipinski definition) is 7. The molecule has 1 atom stereocenters. The Labute approximate surface area is 208 Å². The number of thiophene rings is 1. The lowest BCUT2D eigenvalue weighted by molar-refractivity contribution is 0.159. The number of tetrazole rings is 1. The number of aromatic amines is 1. The van der Waals surface area contributed by atoms with E-state index in [1.807, 2.05) is 35.9 Å². The summed E-state index contributed by atoms with van der Waals surface area (Å²) in [5, 5.41) is 16.0. The van der Waals surface area contributed by atoms with E-state index in [1.165, 1.54) is 17.7 Å². The minimum Gasteiger partial charge on any atom is -0.494 e. The maximum absolute atomic E-state index is 13.1. The van der Waals surface area contributed by atoms with Crippen molar-refractivity contribution in [2.24, 2.45) is 0 Å². The smallest absolute Gasteiger partial charge is 0.252 e. The van der Waals surface area contributed by atoms with Gasteiger partial charge in [-0.05, 0) is 72.3 Å². The number of H-pyrrole nitrogens is 1. The number of nitrogens with one attached hydrogen (secondary N) is 1. The van der Waals surface area contributed by atoms with E-state index in [0.29, 0.717) is 19.2 Å². The van der Waals surface area contributed by atoms with Gasteiger partial charge in [0.25, 0.3) is 5.56 Å². The molecule has 35 heavy (non-hydrogen) atoms. The summed E-state index contributed by atoms with van der Waals surface area (Å²) < 4.78 is 7.72. The van der Waals surface area contributed by atoms with Crippen LogP contribution in [-0.2, 0) is 13.1 Å². The summed E-state index contributed by atoms with van der Waals surface area (Å²) in [4.78, 5) is 19.7. The molecule has 5 rings (SSSR count). The molecule has 1 aliphatic carbocycles. The van der Waals surface area contributed by atoms with Gasteiger partial charge in [-0.2, -0.15) is 0 Å². The molecule has 0 unspecified atom stereocenters. The highest BCUT2D eigenvalue weighted by molar-refractivity contribution is 7.09. The molecule has 0 amide bonds. The second-order valence-corrected chi connectivity index (χ2v) is 10.2. The van der Waals surface area contributed by atoms with Crippen molar-refractivity contribution in [1.82, 2.24) is 30.1 Å². The number of nitrogens with zero attached hydrogens (tertiary/aromatic N) is 5. The van der Waals surface area contributed by atoms with Crippen molar-refractivity contribution < 1.29 is 4.74 Å². The minimum absolute atomic E-state index is 0.00226. The van der Waals surface area contributed by atoms with Gasteiger partial charge in [-0.15, -0.1) is 16.4 Å². The summed E-state index contributed by atoms with van der Waals surface area (Å²) in [5.41, 5.74) is 1.47. The van der Waals surface area contributed by atoms with Crippen molar-refractivity contribution in [2.75, 3.05) is 6.61 Å². The van der Waals surface area contributed by atoms with E-state index < -0.39 is 0 Å². The van der Waals surface area contributed by atoms with Crippen LogP contribution in [0.3, 0.4) is 0 Å². The summed E-state index contributed by atoms with van der Waals surface area (Å²) in [5.74, 6) is 1.70. The van der Waals surface area contributed by atoms with Gasteiger partial charge in [-0.25, -0.2) is 4.68 Å². The highest BCUT2D eigenvalue weighted by Gasteiger charge is 2.29. The molecule has 1 fully saturated rings. The molecule has 0 bridgehead atoms. The van der Waals surface area contributed by atoms with Crippen LogP contribution in [0, 0.1) is 0 Å². The Bertz CT molecular complexity index is 1310. The van der Waals surface area contributed by atoms with Crippen LogP contribution >= 0.6 is 11.3 Å². The number of pyridine rings is 1. The number of aromatic nitrogens is 5. The van der Waals surface area contributed by atoms with Crippen LogP contribution in [0.1, 0.15) is 74.3 Å². The molecule has 0 spiro atoms. The normalized spacial score (nSPS) is 15.3.